The van der Waals surface area contributed by atoms with E-state index in [9.17, 15) is 10.1 Å². The molecule has 0 amide bonds. The molecule has 0 unspecified atom stereocenters. The van der Waals surface area contributed by atoms with Gasteiger partial charge in [0.2, 0.25) is 0 Å². The minimum absolute atomic E-state index is 0.414. The Labute approximate surface area is 127 Å². The third-order valence-electron chi connectivity index (χ3n) is 4.52. The number of esters is 1. The molecule has 3 aromatic carbocycles. The van der Waals surface area contributed by atoms with Crippen molar-refractivity contribution in [2.24, 2.45) is 0 Å². The van der Waals surface area contributed by atoms with Crippen LogP contribution in [0.15, 0.2) is 36.4 Å². The van der Waals surface area contributed by atoms with Crippen LogP contribution in [0.3, 0.4) is 0 Å². The molecule has 0 N–H and O–H groups in total. The van der Waals surface area contributed by atoms with Gasteiger partial charge >= 0.3 is 5.97 Å². The lowest BCUT2D eigenvalue weighted by atomic mass is 9.78. The molecule has 106 valence electrons. The van der Waals surface area contributed by atoms with E-state index in [1.54, 1.807) is 0 Å². The van der Waals surface area contributed by atoms with E-state index in [-0.39, 0.29) is 0 Å². The van der Waals surface area contributed by atoms with E-state index in [0.717, 1.165) is 39.9 Å². The van der Waals surface area contributed by atoms with Gasteiger partial charge < -0.3 is 4.74 Å². The smallest absolute Gasteiger partial charge is 0.339 e. The van der Waals surface area contributed by atoms with E-state index in [1.807, 2.05) is 24.3 Å². The van der Waals surface area contributed by atoms with Gasteiger partial charge in [0.25, 0.3) is 0 Å². The first kappa shape index (κ1) is 12.8. The Morgan fingerprint density at radius 3 is 2.27 bits per heavy atom. The summed E-state index contributed by atoms with van der Waals surface area (Å²) in [7, 11) is 1.36. The maximum absolute atomic E-state index is 12.1. The van der Waals surface area contributed by atoms with Crippen LogP contribution in [0.25, 0.3) is 21.5 Å². The summed E-state index contributed by atoms with van der Waals surface area (Å²) in [6.45, 7) is 0. The summed E-state index contributed by atoms with van der Waals surface area (Å²) in [6, 6.07) is 14.4. The lowest BCUT2D eigenvalue weighted by molar-refractivity contribution is 0.0598. The van der Waals surface area contributed by atoms with E-state index >= 15 is 0 Å². The number of carbonyl (C=O) groups excluding carboxylic acids is 1. The topological polar surface area (TPSA) is 50.1 Å². The lowest BCUT2D eigenvalue weighted by Crippen LogP contribution is -2.19. The molecule has 0 spiro atoms. The van der Waals surface area contributed by atoms with Crippen LogP contribution in [-0.4, -0.2) is 13.1 Å². The number of ether oxygens (including phenoxy) is 1. The summed E-state index contributed by atoms with van der Waals surface area (Å²) in [4.78, 5) is 12.1. The van der Waals surface area contributed by atoms with Gasteiger partial charge in [0.05, 0.1) is 18.2 Å². The molecule has 0 saturated carbocycles. The fourth-order valence-corrected chi connectivity index (χ4v) is 3.37. The van der Waals surface area contributed by atoms with Crippen LogP contribution >= 0.6 is 0 Å². The molecule has 0 radical (unpaired) electrons. The Balaban J connectivity index is 2.20. The maximum atomic E-state index is 12.1. The number of hydrogen-bond acceptors (Lipinski definition) is 3. The van der Waals surface area contributed by atoms with E-state index in [0.29, 0.717) is 11.1 Å². The predicted octanol–water partition coefficient (Wildman–Crippen LogP) is 3.75. The number of benzene rings is 3. The third kappa shape index (κ3) is 1.58. The molecule has 0 aliphatic heterocycles. The fourth-order valence-electron chi connectivity index (χ4n) is 3.37. The second kappa shape index (κ2) is 4.57. The average molecular weight is 287 g/mol. The van der Waals surface area contributed by atoms with Crippen LogP contribution in [0.5, 0.6) is 0 Å². The standard InChI is InChI=1S/C19H13NO2/c1-22-19(21)18-14-7-6-13(14)15-8-11-4-2-3-5-12(11)9-16(15)17(18)10-20/h2-5,8-9H,6-7H2,1H3. The molecule has 0 heterocycles. The molecule has 0 aromatic heterocycles. The highest BCUT2D eigenvalue weighted by Gasteiger charge is 2.29. The highest BCUT2D eigenvalue weighted by molar-refractivity contribution is 6.09. The Bertz CT molecular complexity index is 996. The minimum Gasteiger partial charge on any atom is -0.465 e. The van der Waals surface area contributed by atoms with Crippen LogP contribution in [0.2, 0.25) is 0 Å². The summed E-state index contributed by atoms with van der Waals surface area (Å²) >= 11 is 0. The first-order valence-corrected chi connectivity index (χ1v) is 7.23. The van der Waals surface area contributed by atoms with Crippen LogP contribution in [0, 0.1) is 11.3 Å². The van der Waals surface area contributed by atoms with Crippen LogP contribution in [-0.2, 0) is 17.6 Å². The molecule has 0 atom stereocenters. The molecule has 3 aromatic rings. The second-order valence-electron chi connectivity index (χ2n) is 5.56. The Morgan fingerprint density at radius 1 is 1.09 bits per heavy atom. The Kier molecular flexibility index (Phi) is 2.67. The zero-order valence-electron chi connectivity index (χ0n) is 12.1. The zero-order chi connectivity index (χ0) is 15.3. The first-order chi connectivity index (χ1) is 10.7. The average Bonchev–Trinajstić information content (AvgIpc) is 2.52. The summed E-state index contributed by atoms with van der Waals surface area (Å²) in [6.07, 6.45) is 1.77. The molecule has 0 saturated heterocycles. The number of carbonyl (C=O) groups is 1. The Morgan fingerprint density at radius 2 is 1.73 bits per heavy atom. The quantitative estimate of drug-likeness (QED) is 0.506. The van der Waals surface area contributed by atoms with Crippen LogP contribution in [0.1, 0.15) is 27.0 Å². The fraction of sp³-hybridized carbons (Fsp3) is 0.158. The van der Waals surface area contributed by atoms with Crippen LogP contribution < -0.4 is 0 Å². The van der Waals surface area contributed by atoms with Gasteiger partial charge in [-0.15, -0.1) is 0 Å². The van der Waals surface area contributed by atoms with Crippen molar-refractivity contribution in [3.63, 3.8) is 0 Å². The number of nitrogens with zero attached hydrogens (tertiary/aromatic N) is 1. The van der Waals surface area contributed by atoms with Gasteiger partial charge in [-0.2, -0.15) is 5.26 Å². The van der Waals surface area contributed by atoms with Crippen molar-refractivity contribution in [3.05, 3.63) is 58.7 Å². The number of methoxy groups -OCH3 is 1. The minimum atomic E-state index is -0.414. The van der Waals surface area contributed by atoms with Crippen molar-refractivity contribution < 1.29 is 9.53 Å². The van der Waals surface area contributed by atoms with Crippen molar-refractivity contribution >= 4 is 27.5 Å². The maximum Gasteiger partial charge on any atom is 0.339 e. The molecule has 1 aliphatic carbocycles. The second-order valence-corrected chi connectivity index (χ2v) is 5.56. The number of nitriles is 1. The van der Waals surface area contributed by atoms with Crippen LogP contribution in [0.4, 0.5) is 0 Å². The van der Waals surface area contributed by atoms with Gasteiger partial charge in [-0.3, -0.25) is 0 Å². The lowest BCUT2D eigenvalue weighted by Gasteiger charge is -2.25. The molecule has 3 heteroatoms. The van der Waals surface area contributed by atoms with Crippen molar-refractivity contribution in [2.45, 2.75) is 12.8 Å². The van der Waals surface area contributed by atoms with Crippen molar-refractivity contribution in [2.75, 3.05) is 7.11 Å². The van der Waals surface area contributed by atoms with E-state index in [2.05, 4.69) is 18.2 Å². The number of fused-ring (bicyclic) bond motifs is 4. The molecule has 0 bridgehead atoms. The van der Waals surface area contributed by atoms with Gasteiger partial charge in [-0.25, -0.2) is 4.79 Å². The summed E-state index contributed by atoms with van der Waals surface area (Å²) in [5.41, 5.74) is 3.05. The highest BCUT2D eigenvalue weighted by Crippen LogP contribution is 2.39. The number of aryl methyl sites for hydroxylation is 1. The van der Waals surface area contributed by atoms with Gasteiger partial charge in [-0.05, 0) is 52.3 Å². The molecule has 1 aliphatic rings. The van der Waals surface area contributed by atoms with E-state index in [1.165, 1.54) is 12.7 Å². The zero-order valence-corrected chi connectivity index (χ0v) is 12.1. The van der Waals surface area contributed by atoms with Gasteiger partial charge in [0.15, 0.2) is 0 Å². The van der Waals surface area contributed by atoms with Gasteiger partial charge in [0.1, 0.15) is 6.07 Å². The third-order valence-corrected chi connectivity index (χ3v) is 4.52. The predicted molar refractivity (Wildman–Crippen MR) is 84.9 cm³/mol. The van der Waals surface area contributed by atoms with E-state index in [4.69, 9.17) is 4.74 Å². The van der Waals surface area contributed by atoms with E-state index < -0.39 is 5.97 Å². The van der Waals surface area contributed by atoms with Crippen molar-refractivity contribution in [1.82, 2.24) is 0 Å². The van der Waals surface area contributed by atoms with Gasteiger partial charge in [-0.1, -0.05) is 24.3 Å². The molecule has 22 heavy (non-hydrogen) atoms. The number of rotatable bonds is 1. The Hall–Kier alpha value is -2.86. The largest absolute Gasteiger partial charge is 0.465 e. The van der Waals surface area contributed by atoms with Gasteiger partial charge in [0, 0.05) is 5.39 Å². The molecular formula is C19H13NO2. The van der Waals surface area contributed by atoms with Crippen molar-refractivity contribution in [1.29, 1.82) is 5.26 Å². The monoisotopic (exact) mass is 287 g/mol. The molecule has 0 fully saturated rings. The van der Waals surface area contributed by atoms with Crippen molar-refractivity contribution in [3.8, 4) is 6.07 Å². The summed E-state index contributed by atoms with van der Waals surface area (Å²) in [5.74, 6) is -0.414. The molecular weight excluding hydrogens is 274 g/mol. The summed E-state index contributed by atoms with van der Waals surface area (Å²) < 4.78 is 4.89. The molecule has 3 nitrogen and oxygen atoms in total. The number of hydrogen-bond donors (Lipinski definition) is 0. The normalized spacial score (nSPS) is 12.5. The SMILES string of the molecule is COC(=O)c1c2c(c3cc4ccccc4cc3c1C#N)CC2. The molecule has 4 rings (SSSR count). The summed E-state index contributed by atoms with van der Waals surface area (Å²) in [5, 5.41) is 13.8. The first-order valence-electron chi connectivity index (χ1n) is 7.23. The highest BCUT2D eigenvalue weighted by atomic mass is 16.5.